The van der Waals surface area contributed by atoms with E-state index in [-0.39, 0.29) is 4.90 Å². The quantitative estimate of drug-likeness (QED) is 0.696. The highest BCUT2D eigenvalue weighted by Gasteiger charge is 2.31. The fourth-order valence-electron chi connectivity index (χ4n) is 3.08. The van der Waals surface area contributed by atoms with Gasteiger partial charge in [0.2, 0.25) is 10.0 Å². The highest BCUT2D eigenvalue weighted by Crippen LogP contribution is 2.38. The Labute approximate surface area is 150 Å². The lowest BCUT2D eigenvalue weighted by atomic mass is 10.1. The van der Waals surface area contributed by atoms with Crippen molar-refractivity contribution >= 4 is 37.4 Å². The first kappa shape index (κ1) is 16.4. The molecule has 4 rings (SSSR count). The molecule has 0 amide bonds. The smallest absolute Gasteiger partial charge is 0.244 e. The van der Waals surface area contributed by atoms with Crippen molar-refractivity contribution in [2.45, 2.75) is 17.9 Å². The lowest BCUT2D eigenvalue weighted by Gasteiger charge is -2.26. The van der Waals surface area contributed by atoms with Gasteiger partial charge < -0.3 is 4.90 Å². The molecule has 3 aromatic heterocycles. The van der Waals surface area contributed by atoms with Crippen LogP contribution in [0.5, 0.6) is 0 Å². The third-order valence-electron chi connectivity index (χ3n) is 4.28. The molecule has 130 valence electrons. The monoisotopic (exact) mass is 375 g/mol. The zero-order valence-electron chi connectivity index (χ0n) is 13.9. The molecule has 0 aliphatic carbocycles. The van der Waals surface area contributed by atoms with Gasteiger partial charge >= 0.3 is 0 Å². The summed E-state index contributed by atoms with van der Waals surface area (Å²) in [5.74, 6) is 0.881. The number of rotatable bonds is 3. The standard InChI is InChI=1S/C16H17N5O2S2/c1-20(2)15-14-12-5-7-21(9-13(12)24-16(14)19-10-18-15)25(22,23)11-4-3-6-17-8-11/h3-4,6,8,10H,5,7,9H2,1-2H3. The van der Waals surface area contributed by atoms with Gasteiger partial charge in [-0.15, -0.1) is 11.3 Å². The number of anilines is 1. The van der Waals surface area contributed by atoms with Crippen LogP contribution in [0.25, 0.3) is 10.2 Å². The van der Waals surface area contributed by atoms with E-state index in [2.05, 4.69) is 15.0 Å². The molecule has 1 aliphatic rings. The van der Waals surface area contributed by atoms with Crippen molar-refractivity contribution < 1.29 is 8.42 Å². The summed E-state index contributed by atoms with van der Waals surface area (Å²) in [7, 11) is 0.367. The number of fused-ring (bicyclic) bond motifs is 3. The molecule has 7 nitrogen and oxygen atoms in total. The van der Waals surface area contributed by atoms with Crippen molar-refractivity contribution in [2.24, 2.45) is 0 Å². The Balaban J connectivity index is 1.76. The van der Waals surface area contributed by atoms with Crippen LogP contribution in [0, 0.1) is 0 Å². The van der Waals surface area contributed by atoms with Gasteiger partial charge in [-0.25, -0.2) is 18.4 Å². The van der Waals surface area contributed by atoms with E-state index in [1.165, 1.54) is 16.1 Å². The van der Waals surface area contributed by atoms with Crippen LogP contribution in [0.3, 0.4) is 0 Å². The zero-order chi connectivity index (χ0) is 17.6. The maximum Gasteiger partial charge on any atom is 0.244 e. The molecular formula is C16H17N5O2S2. The summed E-state index contributed by atoms with van der Waals surface area (Å²) in [5, 5.41) is 1.05. The normalized spacial score (nSPS) is 15.3. The maximum absolute atomic E-state index is 12.8. The van der Waals surface area contributed by atoms with Gasteiger partial charge in [0.15, 0.2) is 0 Å². The predicted molar refractivity (Wildman–Crippen MR) is 97.3 cm³/mol. The Morgan fingerprint density at radius 1 is 1.28 bits per heavy atom. The summed E-state index contributed by atoms with van der Waals surface area (Å²) >= 11 is 1.55. The topological polar surface area (TPSA) is 79.3 Å². The molecule has 9 heteroatoms. The number of pyridine rings is 1. The fraction of sp³-hybridized carbons (Fsp3) is 0.312. The van der Waals surface area contributed by atoms with Crippen molar-refractivity contribution in [1.82, 2.24) is 19.3 Å². The summed E-state index contributed by atoms with van der Waals surface area (Å²) in [4.78, 5) is 16.8. The van der Waals surface area contributed by atoms with Crippen molar-refractivity contribution in [3.8, 4) is 0 Å². The molecule has 0 N–H and O–H groups in total. The second kappa shape index (κ2) is 6.01. The minimum absolute atomic E-state index is 0.230. The molecule has 0 radical (unpaired) electrons. The lowest BCUT2D eigenvalue weighted by molar-refractivity contribution is 0.396. The molecule has 0 saturated carbocycles. The van der Waals surface area contributed by atoms with E-state index >= 15 is 0 Å². The van der Waals surface area contributed by atoms with E-state index in [4.69, 9.17) is 0 Å². The average Bonchev–Trinajstić information content (AvgIpc) is 3.00. The van der Waals surface area contributed by atoms with Crippen LogP contribution in [0.15, 0.2) is 35.7 Å². The fourth-order valence-corrected chi connectivity index (χ4v) is 5.73. The second-order valence-corrected chi connectivity index (χ2v) is 9.07. The Bertz CT molecular complexity index is 1030. The van der Waals surface area contributed by atoms with E-state index in [0.29, 0.717) is 19.5 Å². The predicted octanol–water partition coefficient (Wildman–Crippen LogP) is 1.90. The SMILES string of the molecule is CN(C)c1ncnc2sc3c(c12)CCN(S(=O)(=O)c1cccnc1)C3. The second-order valence-electron chi connectivity index (χ2n) is 6.05. The van der Waals surface area contributed by atoms with Gasteiger partial charge in [-0.2, -0.15) is 4.31 Å². The van der Waals surface area contributed by atoms with E-state index < -0.39 is 10.0 Å². The highest BCUT2D eigenvalue weighted by molar-refractivity contribution is 7.89. The van der Waals surface area contributed by atoms with E-state index in [1.54, 1.807) is 36.0 Å². The van der Waals surface area contributed by atoms with Gasteiger partial charge in [-0.05, 0) is 24.1 Å². The van der Waals surface area contributed by atoms with Gasteiger partial charge in [-0.1, -0.05) is 0 Å². The summed E-state index contributed by atoms with van der Waals surface area (Å²) in [5.41, 5.74) is 1.17. The Morgan fingerprint density at radius 2 is 2.12 bits per heavy atom. The van der Waals surface area contributed by atoms with Crippen LogP contribution in [-0.4, -0.2) is 48.3 Å². The first-order valence-electron chi connectivity index (χ1n) is 7.81. The van der Waals surface area contributed by atoms with Crippen LogP contribution in [-0.2, 0) is 23.0 Å². The molecule has 0 fully saturated rings. The van der Waals surface area contributed by atoms with Gasteiger partial charge in [-0.3, -0.25) is 4.98 Å². The minimum atomic E-state index is -3.54. The Kier molecular flexibility index (Phi) is 3.94. The van der Waals surface area contributed by atoms with Crippen LogP contribution in [0.4, 0.5) is 5.82 Å². The summed E-state index contributed by atoms with van der Waals surface area (Å²) in [6.45, 7) is 0.804. The first-order valence-corrected chi connectivity index (χ1v) is 10.1. The molecule has 0 bridgehead atoms. The van der Waals surface area contributed by atoms with Crippen molar-refractivity contribution in [3.63, 3.8) is 0 Å². The van der Waals surface area contributed by atoms with E-state index in [1.807, 2.05) is 19.0 Å². The number of hydrogen-bond donors (Lipinski definition) is 0. The summed E-state index contributed by atoms with van der Waals surface area (Å²) in [6.07, 6.45) is 5.18. The third kappa shape index (κ3) is 2.68. The molecule has 0 atom stereocenters. The molecule has 0 unspecified atom stereocenters. The molecule has 1 aliphatic heterocycles. The van der Waals surface area contributed by atoms with E-state index in [0.717, 1.165) is 20.9 Å². The van der Waals surface area contributed by atoms with Crippen molar-refractivity contribution in [1.29, 1.82) is 0 Å². The number of nitrogens with zero attached hydrogens (tertiary/aromatic N) is 5. The molecular weight excluding hydrogens is 358 g/mol. The van der Waals surface area contributed by atoms with Gasteiger partial charge in [0.1, 0.15) is 21.9 Å². The first-order chi connectivity index (χ1) is 12.0. The van der Waals surface area contributed by atoms with Crippen molar-refractivity contribution in [3.05, 3.63) is 41.3 Å². The number of thiophene rings is 1. The zero-order valence-corrected chi connectivity index (χ0v) is 15.5. The van der Waals surface area contributed by atoms with Crippen molar-refractivity contribution in [2.75, 3.05) is 25.5 Å². The summed E-state index contributed by atoms with van der Waals surface area (Å²) in [6, 6.07) is 3.22. The summed E-state index contributed by atoms with van der Waals surface area (Å²) < 4.78 is 27.2. The largest absolute Gasteiger partial charge is 0.362 e. The number of aromatic nitrogens is 3. The highest BCUT2D eigenvalue weighted by atomic mass is 32.2. The molecule has 0 saturated heterocycles. The van der Waals surface area contributed by atoms with E-state index in [9.17, 15) is 8.42 Å². The molecule has 25 heavy (non-hydrogen) atoms. The average molecular weight is 375 g/mol. The van der Waals surface area contributed by atoms with Gasteiger partial charge in [0, 0.05) is 44.5 Å². The third-order valence-corrected chi connectivity index (χ3v) is 7.23. The Hall–Kier alpha value is -2.10. The Morgan fingerprint density at radius 3 is 2.84 bits per heavy atom. The van der Waals surface area contributed by atoms with Crippen LogP contribution < -0.4 is 4.90 Å². The molecule has 0 aromatic carbocycles. The maximum atomic E-state index is 12.8. The number of hydrogen-bond acceptors (Lipinski definition) is 7. The molecule has 3 aromatic rings. The van der Waals surface area contributed by atoms with Crippen LogP contribution >= 0.6 is 11.3 Å². The molecule has 0 spiro atoms. The van der Waals surface area contributed by atoms with Gasteiger partial charge in [0.25, 0.3) is 0 Å². The lowest BCUT2D eigenvalue weighted by Crippen LogP contribution is -2.35. The van der Waals surface area contributed by atoms with Gasteiger partial charge in [0.05, 0.1) is 5.39 Å². The number of sulfonamides is 1. The van der Waals surface area contributed by atoms with Crippen LogP contribution in [0.2, 0.25) is 0 Å². The minimum Gasteiger partial charge on any atom is -0.362 e. The van der Waals surface area contributed by atoms with Crippen LogP contribution in [0.1, 0.15) is 10.4 Å². The molecule has 4 heterocycles.